The molecule has 27 heavy (non-hydrogen) atoms. The van der Waals surface area contributed by atoms with Crippen LogP contribution in [0.3, 0.4) is 0 Å². The van der Waals surface area contributed by atoms with Gasteiger partial charge in [0.05, 0.1) is 6.54 Å². The van der Waals surface area contributed by atoms with Gasteiger partial charge in [-0.25, -0.2) is 21.9 Å². The van der Waals surface area contributed by atoms with Gasteiger partial charge in [-0.15, -0.1) is 13.2 Å². The van der Waals surface area contributed by atoms with E-state index >= 15 is 0 Å². The van der Waals surface area contributed by atoms with Crippen molar-refractivity contribution in [2.75, 3.05) is 11.9 Å². The van der Waals surface area contributed by atoms with Crippen LogP contribution in [0.2, 0.25) is 0 Å². The van der Waals surface area contributed by atoms with Crippen molar-refractivity contribution in [2.45, 2.75) is 11.3 Å². The maximum absolute atomic E-state index is 13.5. The van der Waals surface area contributed by atoms with Crippen molar-refractivity contribution < 1.29 is 39.9 Å². The second-order valence-electron chi connectivity index (χ2n) is 5.00. The highest BCUT2D eigenvalue weighted by molar-refractivity contribution is 7.89. The maximum Gasteiger partial charge on any atom is 0.573 e. The number of sulfonamides is 1. The Morgan fingerprint density at radius 3 is 2.07 bits per heavy atom. The van der Waals surface area contributed by atoms with Crippen LogP contribution in [0.1, 0.15) is 0 Å². The molecule has 0 bridgehead atoms. The van der Waals surface area contributed by atoms with Crippen molar-refractivity contribution in [3.8, 4) is 5.75 Å². The molecule has 0 atom stereocenters. The van der Waals surface area contributed by atoms with Gasteiger partial charge in [0.1, 0.15) is 17.4 Å². The van der Waals surface area contributed by atoms with Crippen molar-refractivity contribution in [1.29, 1.82) is 0 Å². The van der Waals surface area contributed by atoms with Gasteiger partial charge < -0.3 is 10.1 Å². The summed E-state index contributed by atoms with van der Waals surface area (Å²) in [4.78, 5) is 10.5. The zero-order valence-electron chi connectivity index (χ0n) is 13.2. The lowest BCUT2D eigenvalue weighted by Gasteiger charge is -2.11. The Bertz CT molecular complexity index is 910. The smallest absolute Gasteiger partial charge is 0.406 e. The van der Waals surface area contributed by atoms with Crippen LogP contribution in [0.15, 0.2) is 47.4 Å². The molecule has 0 saturated heterocycles. The molecule has 2 aromatic carbocycles. The number of carbonyl (C=O) groups excluding carboxylic acids is 1. The molecule has 0 aliphatic heterocycles. The van der Waals surface area contributed by atoms with Crippen LogP contribution in [0.5, 0.6) is 5.75 Å². The van der Waals surface area contributed by atoms with Gasteiger partial charge in [-0.05, 0) is 36.4 Å². The van der Waals surface area contributed by atoms with E-state index in [-0.39, 0.29) is 5.69 Å². The predicted molar refractivity (Wildman–Crippen MR) is 83.3 cm³/mol. The van der Waals surface area contributed by atoms with Gasteiger partial charge in [0, 0.05) is 5.69 Å². The average molecular weight is 410 g/mol. The monoisotopic (exact) mass is 410 g/mol. The molecule has 146 valence electrons. The highest BCUT2D eigenvalue weighted by Gasteiger charge is 2.31. The SMILES string of the molecule is O=C(CNS(=O)(=O)c1c(F)cccc1F)Nc1ccc(OC(F)(F)F)cc1. The number of carbonyl (C=O) groups is 1. The lowest BCUT2D eigenvalue weighted by Crippen LogP contribution is -2.33. The maximum atomic E-state index is 13.5. The number of amides is 1. The Morgan fingerprint density at radius 1 is 1.00 bits per heavy atom. The first kappa shape index (κ1) is 20.6. The second-order valence-corrected chi connectivity index (χ2v) is 6.70. The number of benzene rings is 2. The van der Waals surface area contributed by atoms with Gasteiger partial charge in [-0.3, -0.25) is 4.79 Å². The first-order valence-corrected chi connectivity index (χ1v) is 8.55. The minimum atomic E-state index is -4.87. The van der Waals surface area contributed by atoms with Gasteiger partial charge in [0.25, 0.3) is 0 Å². The largest absolute Gasteiger partial charge is 0.573 e. The van der Waals surface area contributed by atoms with Crippen molar-refractivity contribution in [3.05, 3.63) is 54.1 Å². The molecule has 0 aliphatic rings. The molecule has 2 rings (SSSR count). The minimum Gasteiger partial charge on any atom is -0.406 e. The van der Waals surface area contributed by atoms with Gasteiger partial charge in [-0.1, -0.05) is 6.07 Å². The zero-order chi connectivity index (χ0) is 20.2. The summed E-state index contributed by atoms with van der Waals surface area (Å²) in [6.07, 6.45) is -4.87. The van der Waals surface area contributed by atoms with Gasteiger partial charge in [0.15, 0.2) is 4.90 Å². The fourth-order valence-electron chi connectivity index (χ4n) is 1.92. The van der Waals surface area contributed by atoms with E-state index in [2.05, 4.69) is 10.1 Å². The summed E-state index contributed by atoms with van der Waals surface area (Å²) in [7, 11) is -4.64. The molecule has 0 spiro atoms. The summed E-state index contributed by atoms with van der Waals surface area (Å²) >= 11 is 0. The Hall–Kier alpha value is -2.73. The van der Waals surface area contributed by atoms with E-state index in [1.165, 1.54) is 0 Å². The fourth-order valence-corrected chi connectivity index (χ4v) is 3.03. The third-order valence-corrected chi connectivity index (χ3v) is 4.43. The Kier molecular flexibility index (Phi) is 6.01. The lowest BCUT2D eigenvalue weighted by molar-refractivity contribution is -0.274. The van der Waals surface area contributed by atoms with Crippen molar-refractivity contribution >= 4 is 21.6 Å². The summed E-state index contributed by atoms with van der Waals surface area (Å²) in [5.74, 6) is -4.10. The number of rotatable bonds is 6. The van der Waals surface area contributed by atoms with Gasteiger partial charge in [0.2, 0.25) is 15.9 Å². The Morgan fingerprint density at radius 2 is 1.56 bits per heavy atom. The third kappa shape index (κ3) is 5.89. The summed E-state index contributed by atoms with van der Waals surface area (Å²) in [5, 5.41) is 2.20. The molecular weight excluding hydrogens is 399 g/mol. The van der Waals surface area contributed by atoms with Crippen molar-refractivity contribution in [2.24, 2.45) is 0 Å². The van der Waals surface area contributed by atoms with E-state index in [9.17, 15) is 35.2 Å². The van der Waals surface area contributed by atoms with Gasteiger partial charge >= 0.3 is 6.36 Å². The first-order chi connectivity index (χ1) is 12.5. The van der Waals surface area contributed by atoms with Gasteiger partial charge in [-0.2, -0.15) is 0 Å². The quantitative estimate of drug-likeness (QED) is 0.718. The molecule has 2 aromatic rings. The lowest BCUT2D eigenvalue weighted by atomic mass is 10.3. The van der Waals surface area contributed by atoms with Crippen LogP contribution >= 0.6 is 0 Å². The molecule has 2 N–H and O–H groups in total. The molecule has 12 heteroatoms. The summed E-state index contributed by atoms with van der Waals surface area (Å²) in [6.45, 7) is -0.864. The number of anilines is 1. The number of halogens is 5. The molecule has 0 heterocycles. The van der Waals surface area contributed by atoms with Crippen LogP contribution in [-0.2, 0) is 14.8 Å². The van der Waals surface area contributed by atoms with Crippen LogP contribution in [0.25, 0.3) is 0 Å². The Balaban J connectivity index is 1.98. The van der Waals surface area contributed by atoms with Crippen molar-refractivity contribution in [1.82, 2.24) is 4.72 Å². The molecule has 6 nitrogen and oxygen atoms in total. The number of alkyl halides is 3. The van der Waals surface area contributed by atoms with Crippen LogP contribution in [0, 0.1) is 11.6 Å². The second kappa shape index (κ2) is 7.88. The highest BCUT2D eigenvalue weighted by atomic mass is 32.2. The minimum absolute atomic E-state index is 0.0470. The number of nitrogens with one attached hydrogen (secondary N) is 2. The number of hydrogen-bond acceptors (Lipinski definition) is 4. The van der Waals surface area contributed by atoms with E-state index < -0.39 is 51.1 Å². The normalized spacial score (nSPS) is 11.9. The molecule has 0 aromatic heterocycles. The molecule has 0 aliphatic carbocycles. The molecule has 1 amide bonds. The number of ether oxygens (including phenoxy) is 1. The molecule has 0 saturated carbocycles. The predicted octanol–water partition coefficient (Wildman–Crippen LogP) is 2.78. The van der Waals surface area contributed by atoms with Crippen LogP contribution in [0.4, 0.5) is 27.6 Å². The number of hydrogen-bond donors (Lipinski definition) is 2. The Labute approximate surface area is 150 Å². The summed E-state index contributed by atoms with van der Waals surface area (Å²) in [5.41, 5.74) is 0.0470. The van der Waals surface area contributed by atoms with E-state index in [1.807, 2.05) is 0 Å². The molecular formula is C15H11F5N2O4S. The van der Waals surface area contributed by atoms with E-state index in [0.29, 0.717) is 0 Å². The molecule has 0 unspecified atom stereocenters. The van der Waals surface area contributed by atoms with E-state index in [4.69, 9.17) is 0 Å². The summed E-state index contributed by atoms with van der Waals surface area (Å²) in [6, 6.07) is 6.49. The van der Waals surface area contributed by atoms with E-state index in [1.54, 1.807) is 4.72 Å². The van der Waals surface area contributed by atoms with Crippen molar-refractivity contribution in [3.63, 3.8) is 0 Å². The third-order valence-electron chi connectivity index (χ3n) is 2.98. The topological polar surface area (TPSA) is 84.5 Å². The first-order valence-electron chi connectivity index (χ1n) is 7.07. The standard InChI is InChI=1S/C15H11F5N2O4S/c16-11-2-1-3-12(17)14(11)27(24,25)21-8-13(23)22-9-4-6-10(7-5-9)26-15(18,19)20/h1-7,21H,8H2,(H,22,23). The fraction of sp³-hybridized carbons (Fsp3) is 0.133. The zero-order valence-corrected chi connectivity index (χ0v) is 14.0. The average Bonchev–Trinajstić information content (AvgIpc) is 2.53. The van der Waals surface area contributed by atoms with Crippen LogP contribution in [-0.4, -0.2) is 27.2 Å². The highest BCUT2D eigenvalue weighted by Crippen LogP contribution is 2.24. The summed E-state index contributed by atoms with van der Waals surface area (Å²) < 4.78 is 92.4. The molecule has 0 fully saturated rings. The van der Waals surface area contributed by atoms with E-state index in [0.717, 1.165) is 42.5 Å². The van der Waals surface area contributed by atoms with Crippen LogP contribution < -0.4 is 14.8 Å². The molecule has 0 radical (unpaired) electrons.